The minimum atomic E-state index is -4.28. The average Bonchev–Trinajstić information content (AvgIpc) is 2.24. The molecule has 1 rings (SSSR count). The molecule has 0 bridgehead atoms. The lowest BCUT2D eigenvalue weighted by Crippen LogP contribution is -2.31. The molecule has 7 heteroatoms. The molecular formula is C11H13F3N2O2. The van der Waals surface area contributed by atoms with Crippen LogP contribution in [-0.4, -0.2) is 30.5 Å². The van der Waals surface area contributed by atoms with E-state index in [9.17, 15) is 18.0 Å². The maximum atomic E-state index is 12.2. The van der Waals surface area contributed by atoms with E-state index in [1.165, 1.54) is 24.3 Å². The van der Waals surface area contributed by atoms with Gasteiger partial charge in [0.25, 0.3) is 0 Å². The first-order chi connectivity index (χ1) is 8.40. The van der Waals surface area contributed by atoms with Crippen LogP contribution in [-0.2, 0) is 6.42 Å². The van der Waals surface area contributed by atoms with Gasteiger partial charge in [-0.15, -0.1) is 0 Å². The molecule has 0 spiro atoms. The van der Waals surface area contributed by atoms with Crippen molar-refractivity contribution < 1.29 is 23.1 Å². The van der Waals surface area contributed by atoms with Crippen molar-refractivity contribution in [3.8, 4) is 0 Å². The standard InChI is InChI=1S/C11H13F3N2O2/c12-11(13,14)7-8-2-1-3-9(6-8)16-10(18)15-4-5-17/h1-3,6,17H,4-5,7H2,(H2,15,16,18). The Balaban J connectivity index is 2.62. The van der Waals surface area contributed by atoms with E-state index in [1.54, 1.807) is 0 Å². The second-order valence-electron chi connectivity index (χ2n) is 3.60. The highest BCUT2D eigenvalue weighted by Gasteiger charge is 2.27. The van der Waals surface area contributed by atoms with Gasteiger partial charge in [0.15, 0.2) is 0 Å². The van der Waals surface area contributed by atoms with E-state index in [0.29, 0.717) is 0 Å². The van der Waals surface area contributed by atoms with E-state index < -0.39 is 18.6 Å². The molecule has 0 atom stereocenters. The van der Waals surface area contributed by atoms with Gasteiger partial charge in [-0.2, -0.15) is 13.2 Å². The average molecular weight is 262 g/mol. The van der Waals surface area contributed by atoms with Gasteiger partial charge < -0.3 is 15.7 Å². The van der Waals surface area contributed by atoms with E-state index in [4.69, 9.17) is 5.11 Å². The van der Waals surface area contributed by atoms with Crippen LogP contribution in [0, 0.1) is 0 Å². The van der Waals surface area contributed by atoms with Crippen molar-refractivity contribution in [2.75, 3.05) is 18.5 Å². The fraction of sp³-hybridized carbons (Fsp3) is 0.364. The SMILES string of the molecule is O=C(NCCO)Nc1cccc(CC(F)(F)F)c1. The Morgan fingerprint density at radius 2 is 2.06 bits per heavy atom. The summed E-state index contributed by atoms with van der Waals surface area (Å²) in [6.07, 6.45) is -5.32. The quantitative estimate of drug-likeness (QED) is 0.776. The van der Waals surface area contributed by atoms with Crippen molar-refractivity contribution in [3.05, 3.63) is 29.8 Å². The molecule has 1 aromatic carbocycles. The normalized spacial score (nSPS) is 11.1. The molecule has 0 fully saturated rings. The van der Waals surface area contributed by atoms with Crippen molar-refractivity contribution in [1.29, 1.82) is 0 Å². The zero-order valence-corrected chi connectivity index (χ0v) is 9.42. The number of benzene rings is 1. The monoisotopic (exact) mass is 262 g/mol. The first-order valence-electron chi connectivity index (χ1n) is 5.22. The van der Waals surface area contributed by atoms with Gasteiger partial charge in [0.1, 0.15) is 0 Å². The number of aliphatic hydroxyl groups is 1. The number of hydrogen-bond acceptors (Lipinski definition) is 2. The molecule has 0 radical (unpaired) electrons. The van der Waals surface area contributed by atoms with E-state index in [0.717, 1.165) is 0 Å². The summed E-state index contributed by atoms with van der Waals surface area (Å²) in [5.74, 6) is 0. The molecule has 2 amide bonds. The zero-order chi connectivity index (χ0) is 13.6. The first kappa shape index (κ1) is 14.3. The number of rotatable bonds is 4. The highest BCUT2D eigenvalue weighted by atomic mass is 19.4. The number of urea groups is 1. The highest BCUT2D eigenvalue weighted by Crippen LogP contribution is 2.22. The van der Waals surface area contributed by atoms with Gasteiger partial charge in [0.05, 0.1) is 13.0 Å². The topological polar surface area (TPSA) is 61.4 Å². The lowest BCUT2D eigenvalue weighted by Gasteiger charge is -2.09. The minimum Gasteiger partial charge on any atom is -0.395 e. The molecule has 0 aliphatic rings. The molecule has 0 heterocycles. The number of nitrogens with one attached hydrogen (secondary N) is 2. The van der Waals surface area contributed by atoms with Crippen LogP contribution in [0.1, 0.15) is 5.56 Å². The molecule has 0 aliphatic heterocycles. The summed E-state index contributed by atoms with van der Waals surface area (Å²) in [4.78, 5) is 11.2. The summed E-state index contributed by atoms with van der Waals surface area (Å²) in [6, 6.07) is 4.94. The Morgan fingerprint density at radius 1 is 1.33 bits per heavy atom. The van der Waals surface area contributed by atoms with Gasteiger partial charge in [0, 0.05) is 12.2 Å². The maximum Gasteiger partial charge on any atom is 0.393 e. The first-order valence-corrected chi connectivity index (χ1v) is 5.22. The molecule has 0 saturated heterocycles. The van der Waals surface area contributed by atoms with Crippen LogP contribution >= 0.6 is 0 Å². The largest absolute Gasteiger partial charge is 0.395 e. The fourth-order valence-corrected chi connectivity index (χ4v) is 1.34. The Labute approximate surface area is 102 Å². The molecule has 3 N–H and O–H groups in total. The smallest absolute Gasteiger partial charge is 0.393 e. The van der Waals surface area contributed by atoms with Crippen molar-refractivity contribution in [3.63, 3.8) is 0 Å². The maximum absolute atomic E-state index is 12.2. The van der Waals surface area contributed by atoms with Gasteiger partial charge in [-0.3, -0.25) is 0 Å². The predicted octanol–water partition coefficient (Wildman–Crippen LogP) is 1.91. The molecule has 0 aliphatic carbocycles. The van der Waals surface area contributed by atoms with Gasteiger partial charge in [-0.05, 0) is 17.7 Å². The summed E-state index contributed by atoms with van der Waals surface area (Å²) in [7, 11) is 0. The summed E-state index contributed by atoms with van der Waals surface area (Å²) in [6.45, 7) is -0.129. The molecule has 0 saturated carbocycles. The van der Waals surface area contributed by atoms with Crippen LogP contribution in [0.5, 0.6) is 0 Å². The number of alkyl halides is 3. The van der Waals surface area contributed by atoms with E-state index >= 15 is 0 Å². The van der Waals surface area contributed by atoms with Crippen molar-refractivity contribution in [1.82, 2.24) is 5.32 Å². The Hall–Kier alpha value is -1.76. The van der Waals surface area contributed by atoms with Crippen molar-refractivity contribution in [2.45, 2.75) is 12.6 Å². The van der Waals surface area contributed by atoms with Gasteiger partial charge in [-0.25, -0.2) is 4.79 Å². The molecule has 4 nitrogen and oxygen atoms in total. The zero-order valence-electron chi connectivity index (χ0n) is 9.42. The lowest BCUT2D eigenvalue weighted by atomic mass is 10.1. The van der Waals surface area contributed by atoms with Gasteiger partial charge in [0.2, 0.25) is 0 Å². The molecular weight excluding hydrogens is 249 g/mol. The third kappa shape index (κ3) is 5.53. The van der Waals surface area contributed by atoms with Gasteiger partial charge >= 0.3 is 12.2 Å². The van der Waals surface area contributed by atoms with E-state index in [-0.39, 0.29) is 24.4 Å². The van der Waals surface area contributed by atoms with E-state index in [2.05, 4.69) is 10.6 Å². The number of carbonyl (C=O) groups is 1. The lowest BCUT2D eigenvalue weighted by molar-refractivity contribution is -0.127. The Bertz CT molecular complexity index is 408. The molecule has 1 aromatic rings. The second-order valence-corrected chi connectivity index (χ2v) is 3.60. The van der Waals surface area contributed by atoms with E-state index in [1.807, 2.05) is 0 Å². The van der Waals surface area contributed by atoms with Crippen molar-refractivity contribution >= 4 is 11.7 Å². The van der Waals surface area contributed by atoms with Crippen LogP contribution in [0.15, 0.2) is 24.3 Å². The third-order valence-corrected chi connectivity index (χ3v) is 1.99. The summed E-state index contributed by atoms with van der Waals surface area (Å²) >= 11 is 0. The van der Waals surface area contributed by atoms with Gasteiger partial charge in [-0.1, -0.05) is 12.1 Å². The van der Waals surface area contributed by atoms with Crippen LogP contribution in [0.2, 0.25) is 0 Å². The van der Waals surface area contributed by atoms with Crippen LogP contribution in [0.3, 0.4) is 0 Å². The minimum absolute atomic E-state index is 0.0717. The number of anilines is 1. The van der Waals surface area contributed by atoms with Crippen LogP contribution < -0.4 is 10.6 Å². The molecule has 0 aromatic heterocycles. The second kappa shape index (κ2) is 6.25. The molecule has 18 heavy (non-hydrogen) atoms. The third-order valence-electron chi connectivity index (χ3n) is 1.99. The summed E-state index contributed by atoms with van der Waals surface area (Å²) in [5.41, 5.74) is 0.342. The van der Waals surface area contributed by atoms with Crippen LogP contribution in [0.25, 0.3) is 0 Å². The molecule has 100 valence electrons. The number of carbonyl (C=O) groups excluding carboxylic acids is 1. The van der Waals surface area contributed by atoms with Crippen LogP contribution in [0.4, 0.5) is 23.7 Å². The number of hydrogen-bond donors (Lipinski definition) is 3. The summed E-state index contributed by atoms with van der Waals surface area (Å²) < 4.78 is 36.5. The Morgan fingerprint density at radius 3 is 2.67 bits per heavy atom. The summed E-state index contributed by atoms with van der Waals surface area (Å²) in [5, 5.41) is 13.2. The Kier molecular flexibility index (Phi) is 4.96. The highest BCUT2D eigenvalue weighted by molar-refractivity contribution is 5.89. The number of aliphatic hydroxyl groups excluding tert-OH is 1. The fourth-order valence-electron chi connectivity index (χ4n) is 1.34. The number of amides is 2. The predicted molar refractivity (Wildman–Crippen MR) is 60.3 cm³/mol. The molecule has 0 unspecified atom stereocenters. The van der Waals surface area contributed by atoms with Crippen molar-refractivity contribution in [2.24, 2.45) is 0 Å². The number of halogens is 3.